The average Bonchev–Trinajstić information content (AvgIpc) is 2.40. The van der Waals surface area contributed by atoms with Crippen LogP contribution in [0.25, 0.3) is 0 Å². The molecular weight excluding hydrogens is 266 g/mol. The molecule has 0 radical (unpaired) electrons. The molecule has 2 aliphatic carbocycles. The van der Waals surface area contributed by atoms with Gasteiger partial charge < -0.3 is 9.84 Å². The van der Waals surface area contributed by atoms with Crippen LogP contribution >= 0.6 is 0 Å². The Hall–Kier alpha value is -1.39. The minimum atomic E-state index is -0.810. The van der Waals surface area contributed by atoms with Gasteiger partial charge in [-0.3, -0.25) is 10.1 Å². The lowest BCUT2D eigenvalue weighted by Gasteiger charge is -2.61. The van der Waals surface area contributed by atoms with Gasteiger partial charge in [0.25, 0.3) is 0 Å². The third kappa shape index (κ3) is 2.47. The molecular formula is C17H23NO3. The molecule has 0 heterocycles. The molecule has 2 saturated carbocycles. The summed E-state index contributed by atoms with van der Waals surface area (Å²) in [6.07, 6.45) is 4.75. The van der Waals surface area contributed by atoms with Crippen molar-refractivity contribution in [3.63, 3.8) is 0 Å². The van der Waals surface area contributed by atoms with E-state index in [-0.39, 0.29) is 11.5 Å². The Labute approximate surface area is 125 Å². The molecule has 3 atom stereocenters. The number of carbonyl (C=O) groups is 1. The molecule has 0 bridgehead atoms. The first-order chi connectivity index (χ1) is 10.2. The first kappa shape index (κ1) is 14.5. The summed E-state index contributed by atoms with van der Waals surface area (Å²) in [5, 5.41) is 12.9. The number of hydrogen-bond acceptors (Lipinski definition) is 3. The topological polar surface area (TPSA) is 58.6 Å². The molecule has 0 saturated heterocycles. The molecule has 2 aliphatic rings. The zero-order valence-electron chi connectivity index (χ0n) is 12.4. The van der Waals surface area contributed by atoms with Crippen molar-refractivity contribution in [3.05, 3.63) is 35.9 Å². The fraction of sp³-hybridized carbons (Fsp3) is 0.588. The third-order valence-electron chi connectivity index (χ3n) is 5.19. The van der Waals surface area contributed by atoms with Crippen molar-refractivity contribution in [2.45, 2.75) is 50.8 Å². The monoisotopic (exact) mass is 289 g/mol. The van der Waals surface area contributed by atoms with E-state index in [0.717, 1.165) is 31.4 Å². The fourth-order valence-electron chi connectivity index (χ4n) is 3.83. The zero-order valence-corrected chi connectivity index (χ0v) is 12.4. The highest BCUT2D eigenvalue weighted by atomic mass is 16.5. The van der Waals surface area contributed by atoms with Gasteiger partial charge >= 0.3 is 5.97 Å². The van der Waals surface area contributed by atoms with Crippen LogP contribution in [0.15, 0.2) is 30.3 Å². The molecule has 114 valence electrons. The Morgan fingerprint density at radius 3 is 2.67 bits per heavy atom. The Bertz CT molecular complexity index is 498. The highest BCUT2D eigenvalue weighted by Gasteiger charge is 2.59. The lowest BCUT2D eigenvalue weighted by molar-refractivity contribution is -0.177. The van der Waals surface area contributed by atoms with E-state index in [1.807, 2.05) is 37.3 Å². The summed E-state index contributed by atoms with van der Waals surface area (Å²) < 4.78 is 5.83. The maximum atomic E-state index is 11.6. The maximum Gasteiger partial charge on any atom is 0.325 e. The average molecular weight is 289 g/mol. The van der Waals surface area contributed by atoms with Gasteiger partial charge in [-0.25, -0.2) is 0 Å². The van der Waals surface area contributed by atoms with Gasteiger partial charge in [-0.1, -0.05) is 36.8 Å². The third-order valence-corrected chi connectivity index (χ3v) is 5.19. The van der Waals surface area contributed by atoms with Crippen LogP contribution in [0.5, 0.6) is 0 Å². The molecule has 21 heavy (non-hydrogen) atoms. The predicted molar refractivity (Wildman–Crippen MR) is 80.1 cm³/mol. The smallest absolute Gasteiger partial charge is 0.325 e. The molecule has 4 nitrogen and oxygen atoms in total. The molecule has 2 fully saturated rings. The number of carboxylic acid groups (broad SMARTS) is 1. The van der Waals surface area contributed by atoms with E-state index < -0.39 is 12.0 Å². The number of aliphatic carboxylic acids is 1. The van der Waals surface area contributed by atoms with E-state index in [4.69, 9.17) is 4.74 Å². The van der Waals surface area contributed by atoms with Crippen molar-refractivity contribution < 1.29 is 14.6 Å². The van der Waals surface area contributed by atoms with Gasteiger partial charge in [-0.2, -0.15) is 0 Å². The Morgan fingerprint density at radius 1 is 1.43 bits per heavy atom. The lowest BCUT2D eigenvalue weighted by Crippen LogP contribution is -2.67. The second kappa shape index (κ2) is 5.78. The second-order valence-corrected chi connectivity index (χ2v) is 6.17. The number of hydrogen-bond donors (Lipinski definition) is 2. The summed E-state index contributed by atoms with van der Waals surface area (Å²) in [6, 6.07) is 9.05. The zero-order chi connectivity index (χ0) is 14.9. The first-order valence-electron chi connectivity index (χ1n) is 7.83. The van der Waals surface area contributed by atoms with Crippen LogP contribution in [-0.4, -0.2) is 29.8 Å². The van der Waals surface area contributed by atoms with Gasteiger partial charge in [0.1, 0.15) is 6.04 Å². The van der Waals surface area contributed by atoms with Crippen molar-refractivity contribution in [1.29, 1.82) is 0 Å². The van der Waals surface area contributed by atoms with E-state index >= 15 is 0 Å². The number of rotatable bonds is 6. The molecule has 2 N–H and O–H groups in total. The van der Waals surface area contributed by atoms with Crippen LogP contribution in [0, 0.1) is 5.41 Å². The molecule has 0 aromatic heterocycles. The second-order valence-electron chi connectivity index (χ2n) is 6.17. The van der Waals surface area contributed by atoms with Crippen LogP contribution in [0.4, 0.5) is 0 Å². The summed E-state index contributed by atoms with van der Waals surface area (Å²) in [6.45, 7) is 2.76. The van der Waals surface area contributed by atoms with Crippen LogP contribution < -0.4 is 5.32 Å². The molecule has 4 heteroatoms. The minimum absolute atomic E-state index is 0.179. The van der Waals surface area contributed by atoms with Crippen LogP contribution in [0.1, 0.15) is 44.2 Å². The van der Waals surface area contributed by atoms with Crippen molar-refractivity contribution in [3.8, 4) is 0 Å². The van der Waals surface area contributed by atoms with Gasteiger partial charge in [0.15, 0.2) is 0 Å². The molecule has 0 amide bonds. The summed E-state index contributed by atoms with van der Waals surface area (Å²) in [5.74, 6) is -0.810. The van der Waals surface area contributed by atoms with E-state index in [2.05, 4.69) is 5.32 Å². The van der Waals surface area contributed by atoms with Crippen molar-refractivity contribution in [2.24, 2.45) is 5.41 Å². The van der Waals surface area contributed by atoms with Gasteiger partial charge in [0.2, 0.25) is 0 Å². The molecule has 1 aromatic carbocycles. The van der Waals surface area contributed by atoms with E-state index in [1.54, 1.807) is 0 Å². The van der Waals surface area contributed by atoms with E-state index in [0.29, 0.717) is 6.10 Å². The van der Waals surface area contributed by atoms with E-state index in [1.165, 1.54) is 6.42 Å². The quantitative estimate of drug-likeness (QED) is 0.845. The van der Waals surface area contributed by atoms with Crippen LogP contribution in [-0.2, 0) is 9.53 Å². The summed E-state index contributed by atoms with van der Waals surface area (Å²) >= 11 is 0. The highest BCUT2D eigenvalue weighted by molar-refractivity contribution is 5.75. The SMILES string of the molecule is CCOC1CC(NC(C(=O)O)c2ccccc2)C12CCC2. The Balaban J connectivity index is 1.71. The number of benzene rings is 1. The summed E-state index contributed by atoms with van der Waals surface area (Å²) in [7, 11) is 0. The molecule has 3 unspecified atom stereocenters. The first-order valence-corrected chi connectivity index (χ1v) is 7.83. The Kier molecular flexibility index (Phi) is 4.00. The largest absolute Gasteiger partial charge is 0.480 e. The predicted octanol–water partition coefficient (Wildman–Crippen LogP) is 2.75. The number of carboxylic acids is 1. The maximum absolute atomic E-state index is 11.6. The Morgan fingerprint density at radius 2 is 2.14 bits per heavy atom. The molecule has 1 aromatic rings. The van der Waals surface area contributed by atoms with Gasteiger partial charge in [0.05, 0.1) is 6.10 Å². The molecule has 0 aliphatic heterocycles. The standard InChI is InChI=1S/C17H23NO3/c1-2-21-14-11-13(17(14)9-6-10-17)18-15(16(19)20)12-7-4-3-5-8-12/h3-5,7-8,13-15,18H,2,6,9-11H2,1H3,(H,19,20). The van der Waals surface area contributed by atoms with Crippen molar-refractivity contribution >= 4 is 5.97 Å². The summed E-state index contributed by atoms with van der Waals surface area (Å²) in [5.41, 5.74) is 0.998. The fourth-order valence-corrected chi connectivity index (χ4v) is 3.83. The van der Waals surface area contributed by atoms with Gasteiger partial charge in [-0.05, 0) is 31.7 Å². The van der Waals surface area contributed by atoms with Crippen LogP contribution in [0.3, 0.4) is 0 Å². The number of ether oxygens (including phenoxy) is 1. The minimum Gasteiger partial charge on any atom is -0.480 e. The summed E-state index contributed by atoms with van der Waals surface area (Å²) in [4.78, 5) is 11.6. The van der Waals surface area contributed by atoms with Crippen LogP contribution in [0.2, 0.25) is 0 Å². The van der Waals surface area contributed by atoms with Crippen molar-refractivity contribution in [2.75, 3.05) is 6.61 Å². The normalized spacial score (nSPS) is 27.7. The lowest BCUT2D eigenvalue weighted by atomic mass is 9.51. The van der Waals surface area contributed by atoms with Gasteiger partial charge in [0, 0.05) is 18.1 Å². The van der Waals surface area contributed by atoms with E-state index in [9.17, 15) is 9.90 Å². The van der Waals surface area contributed by atoms with Crippen molar-refractivity contribution in [1.82, 2.24) is 5.32 Å². The van der Waals surface area contributed by atoms with Gasteiger partial charge in [-0.15, -0.1) is 0 Å². The highest BCUT2D eigenvalue weighted by Crippen LogP contribution is 2.57. The molecule has 1 spiro atoms. The number of nitrogens with one attached hydrogen (secondary N) is 1. The molecule has 3 rings (SSSR count).